The van der Waals surface area contributed by atoms with Crippen LogP contribution in [-0.2, 0) is 71.5 Å². The van der Waals surface area contributed by atoms with Crippen molar-refractivity contribution < 1.29 is 72.4 Å². The normalized spacial score (nSPS) is 25.4. The number of aliphatic hydroxyl groups excluding tert-OH is 3. The van der Waals surface area contributed by atoms with Crippen molar-refractivity contribution >= 4 is 66.7 Å². The van der Waals surface area contributed by atoms with Crippen molar-refractivity contribution in [3.05, 3.63) is 130 Å². The molecule has 5 aliphatic heterocycles. The number of benzene rings is 3. The molecule has 5 unspecified atom stereocenters. The van der Waals surface area contributed by atoms with Crippen molar-refractivity contribution in [1.29, 1.82) is 0 Å². The van der Waals surface area contributed by atoms with Gasteiger partial charge in [0.2, 0.25) is 5.24 Å². The number of aliphatic hydroxyl groups is 3. The van der Waals surface area contributed by atoms with E-state index in [-0.39, 0.29) is 76.9 Å². The number of rotatable bonds is 10. The standard InChI is InChI=1S/C12H13BrO3.C12H13N3O3.C9H17NO4.C8H7ClO.C5H11NO.C4H7BrO2.C4H6O/c13-10-7-15-8-11(10)16-12(14)6-9-4-2-1-3-5-9;13-15-14-10-7-17-8-11(10)18-12(16)6-9-4-2-1-3-5-9;1-9(2,3)14-8(12)10-6-4-13-5-7(6)11;9-8(10)6-7-4-2-1-3-5-7;6-4-2-1-3-5(4)7;5-3-1-7-2-4(3)6;1-2-4-5-3-1/h1-5,10-11H,6-8H2;1-5,10-11H,6-8H2;6-7,11H,4-5H2,1-3H3,(H,10,12);1-5H,6H2;4-5,7H,1-3,6H2;3-4,6H,1-2H2;1-2H,3-4H2/t2*10-,11?;6-,7?;;4-,5?;3-,4?;/m100.01./s1. The predicted octanol–water partition coefficient (Wildman–Crippen LogP) is 6.62. The fourth-order valence-electron chi connectivity index (χ4n) is 7.09. The molecule has 5 heterocycles. The molecule has 23 heteroatoms. The van der Waals surface area contributed by atoms with Gasteiger partial charge in [-0.25, -0.2) is 4.79 Å². The third-order valence-corrected chi connectivity index (χ3v) is 13.0. The summed E-state index contributed by atoms with van der Waals surface area (Å²) in [6.45, 7) is 10.4. The molecule has 0 spiro atoms. The topological polar surface area (TPSA) is 290 Å². The fourth-order valence-corrected chi connectivity index (χ4v) is 8.04. The second-order valence-corrected chi connectivity index (χ2v) is 21.7. The number of nitrogens with two attached hydrogens (primary N) is 1. The molecule has 10 atom stereocenters. The Morgan fingerprint density at radius 2 is 1.14 bits per heavy atom. The summed E-state index contributed by atoms with van der Waals surface area (Å²) >= 11 is 11.8. The molecule has 0 aromatic heterocycles. The van der Waals surface area contributed by atoms with Crippen LogP contribution in [0.3, 0.4) is 0 Å². The number of halogens is 3. The first-order valence-corrected chi connectivity index (χ1v) is 27.4. The van der Waals surface area contributed by atoms with Gasteiger partial charge in [0.05, 0.1) is 113 Å². The SMILES string of the molecule is C1=CCOC1.CC(C)(C)OC(=O)N[C@H]1COCC1O.N[C@H]1CCCC1O.O=C(Cc1ccccc1)OC1COC[C@H]1Br.O=C(Cl)Cc1ccccc1.OC1COC[C@H]1Br.[N-]=[N+]=N[C@H]1COCC1OC(=O)Cc1ccccc1. The van der Waals surface area contributed by atoms with Crippen molar-refractivity contribution in [2.75, 3.05) is 66.1 Å². The van der Waals surface area contributed by atoms with Crippen LogP contribution in [0.25, 0.3) is 10.4 Å². The summed E-state index contributed by atoms with van der Waals surface area (Å²) in [5, 5.41) is 32.8. The van der Waals surface area contributed by atoms with E-state index in [1.807, 2.05) is 103 Å². The Morgan fingerprint density at radius 1 is 0.662 bits per heavy atom. The molecule has 3 aromatic carbocycles. The van der Waals surface area contributed by atoms with Gasteiger partial charge in [0.15, 0.2) is 0 Å². The first kappa shape index (κ1) is 66.8. The maximum atomic E-state index is 11.7. The highest BCUT2D eigenvalue weighted by Gasteiger charge is 2.32. The smallest absolute Gasteiger partial charge is 0.408 e. The van der Waals surface area contributed by atoms with Crippen molar-refractivity contribution in [2.45, 2.75) is 123 Å². The van der Waals surface area contributed by atoms with Crippen molar-refractivity contribution in [2.24, 2.45) is 10.8 Å². The van der Waals surface area contributed by atoms with Crippen LogP contribution in [0.1, 0.15) is 56.7 Å². The number of nitrogens with one attached hydrogen (secondary N) is 1. The summed E-state index contributed by atoms with van der Waals surface area (Å²) in [5.41, 5.74) is 16.1. The number of alkyl carbamates (subject to hydrolysis) is 1. The van der Waals surface area contributed by atoms with Crippen molar-refractivity contribution in [3.63, 3.8) is 0 Å². The zero-order valence-corrected chi connectivity index (χ0v) is 47.6. The number of azide groups is 1. The Bertz CT molecular complexity index is 2180. The molecule has 5 fully saturated rings. The molecule has 0 bridgehead atoms. The van der Waals surface area contributed by atoms with Crippen molar-refractivity contribution in [1.82, 2.24) is 5.32 Å². The minimum absolute atomic E-state index is 0.0694. The van der Waals surface area contributed by atoms with E-state index >= 15 is 0 Å². The van der Waals surface area contributed by atoms with Gasteiger partial charge in [0.25, 0.3) is 0 Å². The van der Waals surface area contributed by atoms with E-state index in [4.69, 9.17) is 71.0 Å². The third kappa shape index (κ3) is 30.4. The van der Waals surface area contributed by atoms with Gasteiger partial charge in [0, 0.05) is 17.4 Å². The number of alkyl halides is 2. The van der Waals surface area contributed by atoms with Gasteiger partial charge in [-0.15, -0.1) is 0 Å². The predicted molar refractivity (Wildman–Crippen MR) is 296 cm³/mol. The molecule has 6 N–H and O–H groups in total. The van der Waals surface area contributed by atoms with Crippen molar-refractivity contribution in [3.8, 4) is 0 Å². The van der Waals surface area contributed by atoms with E-state index in [2.05, 4.69) is 47.2 Å². The molecule has 77 heavy (non-hydrogen) atoms. The van der Waals surface area contributed by atoms with Crippen LogP contribution in [0.5, 0.6) is 0 Å². The highest BCUT2D eigenvalue weighted by molar-refractivity contribution is 9.09. The average molecular weight is 1230 g/mol. The lowest BCUT2D eigenvalue weighted by Crippen LogP contribution is -2.44. The van der Waals surface area contributed by atoms with Crippen LogP contribution in [0.4, 0.5) is 4.79 Å². The van der Waals surface area contributed by atoms with Gasteiger partial charge < -0.3 is 64.3 Å². The monoisotopic (exact) mass is 1230 g/mol. The van der Waals surface area contributed by atoms with Gasteiger partial charge in [-0.2, -0.15) is 0 Å². The number of amides is 1. The van der Waals surface area contributed by atoms with Gasteiger partial charge in [-0.1, -0.05) is 140 Å². The van der Waals surface area contributed by atoms with Crippen LogP contribution in [0, 0.1) is 0 Å². The quantitative estimate of drug-likeness (QED) is 0.0208. The van der Waals surface area contributed by atoms with E-state index in [9.17, 15) is 24.3 Å². The number of ether oxygens (including phenoxy) is 8. The molecule has 9 rings (SSSR count). The molecule has 1 aliphatic carbocycles. The fraction of sp³-hybridized carbons (Fsp3) is 0.556. The minimum Gasteiger partial charge on any atom is -0.459 e. The van der Waals surface area contributed by atoms with Crippen LogP contribution in [0.15, 0.2) is 108 Å². The van der Waals surface area contributed by atoms with Crippen LogP contribution >= 0.6 is 43.5 Å². The van der Waals surface area contributed by atoms with E-state index in [1.165, 1.54) is 0 Å². The molecule has 4 saturated heterocycles. The molecule has 426 valence electrons. The lowest BCUT2D eigenvalue weighted by Gasteiger charge is -2.22. The van der Waals surface area contributed by atoms with E-state index in [0.717, 1.165) is 49.2 Å². The maximum absolute atomic E-state index is 11.7. The Balaban J connectivity index is 0.000000245. The summed E-state index contributed by atoms with van der Waals surface area (Å²) in [6, 6.07) is 27.6. The summed E-state index contributed by atoms with van der Waals surface area (Å²) in [5.74, 6) is -0.541. The Labute approximate surface area is 472 Å². The number of hydrogen-bond donors (Lipinski definition) is 5. The van der Waals surface area contributed by atoms with Gasteiger partial charge in [-0.3, -0.25) is 14.4 Å². The Hall–Kier alpha value is -4.52. The largest absolute Gasteiger partial charge is 0.459 e. The second kappa shape index (κ2) is 38.1. The van der Waals surface area contributed by atoms with Gasteiger partial charge >= 0.3 is 18.0 Å². The number of esters is 2. The molecule has 6 aliphatic rings. The zero-order chi connectivity index (χ0) is 56.4. The summed E-state index contributed by atoms with van der Waals surface area (Å²) in [6.07, 6.45) is 5.59. The molecule has 1 saturated carbocycles. The van der Waals surface area contributed by atoms with E-state index in [1.54, 1.807) is 20.8 Å². The maximum Gasteiger partial charge on any atom is 0.408 e. The second-order valence-electron chi connectivity index (χ2n) is 18.9. The summed E-state index contributed by atoms with van der Waals surface area (Å²) in [7, 11) is 0. The summed E-state index contributed by atoms with van der Waals surface area (Å²) < 4.78 is 40.6. The highest BCUT2D eigenvalue weighted by atomic mass is 79.9. The first-order chi connectivity index (χ1) is 36.8. The Morgan fingerprint density at radius 3 is 1.51 bits per heavy atom. The lowest BCUT2D eigenvalue weighted by atomic mass is 10.1. The molecule has 1 amide bonds. The average Bonchev–Trinajstić information content (AvgIpc) is 4.29. The Kier molecular flexibility index (Phi) is 33.1. The number of carbonyl (C=O) groups is 4. The summed E-state index contributed by atoms with van der Waals surface area (Å²) in [4.78, 5) is 48.0. The van der Waals surface area contributed by atoms with Gasteiger partial charge in [0.1, 0.15) is 23.9 Å². The van der Waals surface area contributed by atoms with Crippen LogP contribution < -0.4 is 11.1 Å². The molecule has 3 aromatic rings. The lowest BCUT2D eigenvalue weighted by molar-refractivity contribution is -0.149. The van der Waals surface area contributed by atoms with Crippen LogP contribution in [0.2, 0.25) is 0 Å². The number of nitrogens with zero attached hydrogens (tertiary/aromatic N) is 3. The third-order valence-electron chi connectivity index (χ3n) is 11.2. The van der Waals surface area contributed by atoms with E-state index < -0.39 is 29.9 Å². The molecule has 20 nitrogen and oxygen atoms in total. The number of carbonyl (C=O) groups excluding carboxylic acids is 4. The molecular formula is C54H74Br2ClN5O15. The first-order valence-electron chi connectivity index (χ1n) is 25.2. The van der Waals surface area contributed by atoms with Gasteiger partial charge in [-0.05, 0) is 73.9 Å². The highest BCUT2D eigenvalue weighted by Crippen LogP contribution is 2.19. The minimum atomic E-state index is -0.637. The van der Waals surface area contributed by atoms with E-state index in [0.29, 0.717) is 52.5 Å². The zero-order valence-electron chi connectivity index (χ0n) is 43.7. The number of hydrogen-bond acceptors (Lipinski definition) is 17. The molecule has 0 radical (unpaired) electrons. The van der Waals surface area contributed by atoms with Crippen LogP contribution in [-0.4, -0.2) is 169 Å². The molecular weight excluding hydrogens is 1150 g/mol.